The maximum atomic E-state index is 11.9. The maximum Gasteiger partial charge on any atom is 0.288 e. The lowest BCUT2D eigenvalue weighted by molar-refractivity contribution is -0.384. The fourth-order valence-corrected chi connectivity index (χ4v) is 2.73. The van der Waals surface area contributed by atoms with Gasteiger partial charge < -0.3 is 13.9 Å². The molecular formula is C17H16ClN3O6. The van der Waals surface area contributed by atoms with E-state index in [0.717, 1.165) is 0 Å². The van der Waals surface area contributed by atoms with Crippen molar-refractivity contribution in [2.45, 2.75) is 19.1 Å². The zero-order valence-corrected chi connectivity index (χ0v) is 15.1. The molecule has 1 saturated heterocycles. The largest absolute Gasteiger partial charge is 0.455 e. The highest BCUT2D eigenvalue weighted by Crippen LogP contribution is 2.31. The van der Waals surface area contributed by atoms with Crippen LogP contribution in [0.3, 0.4) is 0 Å². The standard InChI is InChI=1S/C17H16ClN3O6/c1-17(25-6-7-26-17)9-16(22)20-19-10-12-3-5-15(27-12)11-2-4-13(18)14(8-11)21(23)24/h2-5,8,10H,6-7,9H2,1H3,(H,20,22)/b19-10-. The highest BCUT2D eigenvalue weighted by molar-refractivity contribution is 6.32. The molecule has 0 saturated carbocycles. The van der Waals surface area contributed by atoms with E-state index >= 15 is 0 Å². The van der Waals surface area contributed by atoms with Crippen molar-refractivity contribution < 1.29 is 23.6 Å². The molecule has 1 N–H and O–H groups in total. The predicted octanol–water partition coefficient (Wildman–Crippen LogP) is 3.11. The van der Waals surface area contributed by atoms with Crippen LogP contribution in [-0.4, -0.2) is 36.0 Å². The van der Waals surface area contributed by atoms with Crippen molar-refractivity contribution in [3.05, 3.63) is 51.2 Å². The first-order chi connectivity index (χ1) is 12.9. The molecule has 0 aliphatic carbocycles. The summed E-state index contributed by atoms with van der Waals surface area (Å²) in [4.78, 5) is 22.3. The lowest BCUT2D eigenvalue weighted by Gasteiger charge is -2.20. The number of hydrogen-bond donors (Lipinski definition) is 1. The minimum Gasteiger partial charge on any atom is -0.455 e. The quantitative estimate of drug-likeness (QED) is 0.458. The molecule has 0 radical (unpaired) electrons. The number of furan rings is 1. The van der Waals surface area contributed by atoms with Gasteiger partial charge in [0.25, 0.3) is 5.69 Å². The van der Waals surface area contributed by atoms with E-state index in [-0.39, 0.29) is 23.0 Å². The Labute approximate surface area is 159 Å². The second-order valence-corrected chi connectivity index (χ2v) is 6.33. The van der Waals surface area contributed by atoms with Crippen LogP contribution in [-0.2, 0) is 14.3 Å². The van der Waals surface area contributed by atoms with E-state index in [2.05, 4.69) is 10.5 Å². The molecule has 0 bridgehead atoms. The molecule has 1 aliphatic heterocycles. The topological polar surface area (TPSA) is 116 Å². The number of amides is 1. The summed E-state index contributed by atoms with van der Waals surface area (Å²) < 4.78 is 16.3. The number of benzene rings is 1. The lowest BCUT2D eigenvalue weighted by Crippen LogP contribution is -2.33. The van der Waals surface area contributed by atoms with E-state index in [9.17, 15) is 14.9 Å². The van der Waals surface area contributed by atoms with Crippen molar-refractivity contribution >= 4 is 29.4 Å². The Morgan fingerprint density at radius 2 is 2.11 bits per heavy atom. The van der Waals surface area contributed by atoms with E-state index in [4.69, 9.17) is 25.5 Å². The van der Waals surface area contributed by atoms with Crippen molar-refractivity contribution in [1.82, 2.24) is 5.43 Å². The van der Waals surface area contributed by atoms with Gasteiger partial charge in [-0.1, -0.05) is 11.6 Å². The highest BCUT2D eigenvalue weighted by atomic mass is 35.5. The van der Waals surface area contributed by atoms with Crippen LogP contribution < -0.4 is 5.43 Å². The zero-order chi connectivity index (χ0) is 19.4. The highest BCUT2D eigenvalue weighted by Gasteiger charge is 2.33. The molecule has 1 fully saturated rings. The number of nitro benzene ring substituents is 1. The average molecular weight is 394 g/mol. The van der Waals surface area contributed by atoms with Gasteiger partial charge >= 0.3 is 0 Å². The fourth-order valence-electron chi connectivity index (χ4n) is 2.54. The molecule has 2 aromatic rings. The first-order valence-electron chi connectivity index (χ1n) is 8.00. The number of halogens is 1. The molecule has 1 aliphatic rings. The Morgan fingerprint density at radius 1 is 1.37 bits per heavy atom. The number of nitrogens with one attached hydrogen (secondary N) is 1. The fraction of sp³-hybridized carbons (Fsp3) is 0.294. The number of hydrogen-bond acceptors (Lipinski definition) is 7. The van der Waals surface area contributed by atoms with Crippen LogP contribution in [0.25, 0.3) is 11.3 Å². The normalized spacial score (nSPS) is 15.9. The van der Waals surface area contributed by atoms with Crippen molar-refractivity contribution in [3.63, 3.8) is 0 Å². The molecule has 0 atom stereocenters. The van der Waals surface area contributed by atoms with Gasteiger partial charge in [0.15, 0.2) is 5.79 Å². The second kappa shape index (κ2) is 7.87. The van der Waals surface area contributed by atoms with Crippen LogP contribution >= 0.6 is 11.6 Å². The number of carbonyl (C=O) groups excluding carboxylic acids is 1. The van der Waals surface area contributed by atoms with Crippen LogP contribution in [0.15, 0.2) is 39.9 Å². The molecule has 10 heteroatoms. The van der Waals surface area contributed by atoms with Crippen molar-refractivity contribution in [2.24, 2.45) is 5.10 Å². The third-order valence-corrected chi connectivity index (χ3v) is 4.13. The van der Waals surface area contributed by atoms with Crippen LogP contribution in [0.2, 0.25) is 5.02 Å². The van der Waals surface area contributed by atoms with Crippen molar-refractivity contribution in [3.8, 4) is 11.3 Å². The van der Waals surface area contributed by atoms with Gasteiger partial charge in [0.1, 0.15) is 16.5 Å². The number of ether oxygens (including phenoxy) is 2. The van der Waals surface area contributed by atoms with Gasteiger partial charge in [-0.3, -0.25) is 14.9 Å². The molecule has 1 aromatic heterocycles. The number of nitrogens with zero attached hydrogens (tertiary/aromatic N) is 2. The van der Waals surface area contributed by atoms with Gasteiger partial charge in [-0.25, -0.2) is 5.43 Å². The number of nitro groups is 1. The number of hydrazone groups is 1. The van der Waals surface area contributed by atoms with Gasteiger partial charge in [0.2, 0.25) is 5.91 Å². The maximum absolute atomic E-state index is 11.9. The molecular weight excluding hydrogens is 378 g/mol. The van der Waals surface area contributed by atoms with Crippen molar-refractivity contribution in [2.75, 3.05) is 13.2 Å². The predicted molar refractivity (Wildman–Crippen MR) is 96.5 cm³/mol. The second-order valence-electron chi connectivity index (χ2n) is 5.93. The lowest BCUT2D eigenvalue weighted by atomic mass is 10.1. The molecule has 1 amide bonds. The molecule has 3 rings (SSSR count). The van der Waals surface area contributed by atoms with Crippen molar-refractivity contribution in [1.29, 1.82) is 0 Å². The first-order valence-corrected chi connectivity index (χ1v) is 8.38. The minimum absolute atomic E-state index is 0.0161. The van der Waals surface area contributed by atoms with E-state index in [1.807, 2.05) is 0 Å². The Balaban J connectivity index is 1.62. The summed E-state index contributed by atoms with van der Waals surface area (Å²) in [7, 11) is 0. The van der Waals surface area contributed by atoms with Crippen LogP contribution in [0, 0.1) is 10.1 Å². The Kier molecular flexibility index (Phi) is 5.54. The van der Waals surface area contributed by atoms with Gasteiger partial charge in [0, 0.05) is 11.6 Å². The van der Waals surface area contributed by atoms with Gasteiger partial charge in [-0.2, -0.15) is 5.10 Å². The SMILES string of the molecule is CC1(CC(=O)N/N=C\c2ccc(-c3ccc(Cl)c([N+](=O)[O-])c3)o2)OCCO1. The van der Waals surface area contributed by atoms with Gasteiger partial charge in [-0.05, 0) is 31.2 Å². The Morgan fingerprint density at radius 3 is 2.81 bits per heavy atom. The summed E-state index contributed by atoms with van der Waals surface area (Å²) in [5.41, 5.74) is 2.66. The summed E-state index contributed by atoms with van der Waals surface area (Å²) in [5.74, 6) is -0.526. The van der Waals surface area contributed by atoms with Gasteiger partial charge in [0.05, 0.1) is 30.8 Å². The Bertz CT molecular complexity index is 889. The van der Waals surface area contributed by atoms with E-state index in [1.54, 1.807) is 25.1 Å². The molecule has 0 spiro atoms. The average Bonchev–Trinajstić information content (AvgIpc) is 3.24. The van der Waals surface area contributed by atoms with Gasteiger partial charge in [-0.15, -0.1) is 0 Å². The molecule has 9 nitrogen and oxygen atoms in total. The third-order valence-electron chi connectivity index (χ3n) is 3.81. The molecule has 142 valence electrons. The first kappa shape index (κ1) is 19.0. The number of rotatable bonds is 6. The minimum atomic E-state index is -0.930. The summed E-state index contributed by atoms with van der Waals surface area (Å²) in [6.45, 7) is 2.59. The van der Waals surface area contributed by atoms with Crippen LogP contribution in [0.4, 0.5) is 5.69 Å². The van der Waals surface area contributed by atoms with Crippen LogP contribution in [0.5, 0.6) is 0 Å². The summed E-state index contributed by atoms with van der Waals surface area (Å²) in [5, 5.41) is 14.8. The Hall–Kier alpha value is -2.75. The molecule has 1 aromatic carbocycles. The molecule has 27 heavy (non-hydrogen) atoms. The third kappa shape index (κ3) is 4.70. The monoisotopic (exact) mass is 393 g/mol. The molecule has 0 unspecified atom stereocenters. The molecule has 2 heterocycles. The van der Waals surface area contributed by atoms with E-state index in [0.29, 0.717) is 30.3 Å². The summed E-state index contributed by atoms with van der Waals surface area (Å²) in [6, 6.07) is 7.62. The summed E-state index contributed by atoms with van der Waals surface area (Å²) in [6.07, 6.45) is 1.34. The van der Waals surface area contributed by atoms with E-state index < -0.39 is 10.7 Å². The van der Waals surface area contributed by atoms with Crippen LogP contribution in [0.1, 0.15) is 19.1 Å². The number of carbonyl (C=O) groups is 1. The summed E-state index contributed by atoms with van der Waals surface area (Å²) >= 11 is 5.80. The zero-order valence-electron chi connectivity index (χ0n) is 14.3. The smallest absolute Gasteiger partial charge is 0.288 e. The van der Waals surface area contributed by atoms with E-state index in [1.165, 1.54) is 18.3 Å².